The molecule has 0 saturated carbocycles. The number of hydrogen-bond donors (Lipinski definition) is 1. The number of aliphatic hydroxyl groups excluding tert-OH is 1. The predicted octanol–water partition coefficient (Wildman–Crippen LogP) is 3.58. The van der Waals surface area contributed by atoms with Crippen LogP contribution in [-0.4, -0.2) is 34.1 Å². The van der Waals surface area contributed by atoms with E-state index in [4.69, 9.17) is 0 Å². The highest BCUT2D eigenvalue weighted by atomic mass is 16.3. The van der Waals surface area contributed by atoms with Crippen LogP contribution < -0.4 is 0 Å². The van der Waals surface area contributed by atoms with Crippen LogP contribution in [0.5, 0.6) is 0 Å². The number of fused-ring (bicyclic) bond motifs is 4. The minimum atomic E-state index is -0.489. The number of aliphatic hydroxyl groups is 1. The maximum atomic E-state index is 11.2. The van der Waals surface area contributed by atoms with Gasteiger partial charge >= 0.3 is 0 Å². The third-order valence-corrected chi connectivity index (χ3v) is 5.94. The lowest BCUT2D eigenvalue weighted by atomic mass is 9.68. The van der Waals surface area contributed by atoms with Crippen molar-refractivity contribution in [3.05, 3.63) is 67.4 Å². The largest absolute Gasteiger partial charge is 0.387 e. The average molecular weight is 320 g/mol. The van der Waals surface area contributed by atoms with Crippen LogP contribution >= 0.6 is 0 Å². The normalized spacial score (nSPS) is 33.3. The fourth-order valence-electron chi connectivity index (χ4n) is 4.66. The summed E-state index contributed by atoms with van der Waals surface area (Å²) in [6.07, 6.45) is 6.47. The maximum Gasteiger partial charge on any atom is 0.0952 e. The highest BCUT2D eigenvalue weighted by Gasteiger charge is 2.46. The lowest BCUT2D eigenvalue weighted by Gasteiger charge is -2.53. The van der Waals surface area contributed by atoms with Crippen LogP contribution in [0.25, 0.3) is 10.9 Å². The lowest BCUT2D eigenvalue weighted by molar-refractivity contribution is -0.0636. The molecular weight excluding hydrogens is 296 g/mol. The summed E-state index contributed by atoms with van der Waals surface area (Å²) in [5.41, 5.74) is 1.93. The van der Waals surface area contributed by atoms with E-state index >= 15 is 0 Å². The number of benzene rings is 1. The van der Waals surface area contributed by atoms with Crippen molar-refractivity contribution in [2.45, 2.75) is 18.6 Å². The molecule has 3 fully saturated rings. The Morgan fingerprint density at radius 2 is 1.83 bits per heavy atom. The van der Waals surface area contributed by atoms with Gasteiger partial charge in [0.2, 0.25) is 0 Å². The second-order valence-electron chi connectivity index (χ2n) is 7.08. The SMILES string of the molecule is C=CC1CN2C[C@H](C=C)C1C[C@H]2[C@H](O)c1ccnc2ccccc12. The summed E-state index contributed by atoms with van der Waals surface area (Å²) in [5, 5.41) is 12.2. The Bertz CT molecular complexity index is 748. The smallest absolute Gasteiger partial charge is 0.0952 e. The number of pyridine rings is 1. The Balaban J connectivity index is 1.67. The third-order valence-electron chi connectivity index (χ3n) is 5.94. The summed E-state index contributed by atoms with van der Waals surface area (Å²) in [6, 6.07) is 10.2. The van der Waals surface area contributed by atoms with E-state index in [1.54, 1.807) is 6.20 Å². The third kappa shape index (κ3) is 2.40. The van der Waals surface area contributed by atoms with Crippen molar-refractivity contribution < 1.29 is 5.11 Å². The molecule has 3 heteroatoms. The molecule has 1 aromatic heterocycles. The van der Waals surface area contributed by atoms with E-state index in [1.165, 1.54) is 0 Å². The molecule has 3 aliphatic heterocycles. The predicted molar refractivity (Wildman–Crippen MR) is 97.5 cm³/mol. The monoisotopic (exact) mass is 320 g/mol. The Hall–Kier alpha value is -1.97. The van der Waals surface area contributed by atoms with Gasteiger partial charge in [-0.25, -0.2) is 0 Å². The van der Waals surface area contributed by atoms with Crippen molar-refractivity contribution >= 4 is 10.9 Å². The van der Waals surface area contributed by atoms with Gasteiger partial charge in [-0.2, -0.15) is 0 Å². The summed E-state index contributed by atoms with van der Waals surface area (Å²) < 4.78 is 0. The van der Waals surface area contributed by atoms with Crippen molar-refractivity contribution in [3.8, 4) is 0 Å². The highest BCUT2D eigenvalue weighted by molar-refractivity contribution is 5.82. The van der Waals surface area contributed by atoms with Crippen molar-refractivity contribution in [3.63, 3.8) is 0 Å². The Kier molecular flexibility index (Phi) is 3.99. The van der Waals surface area contributed by atoms with Crippen molar-refractivity contribution in [2.24, 2.45) is 17.8 Å². The minimum absolute atomic E-state index is 0.160. The summed E-state index contributed by atoms with van der Waals surface area (Å²) in [4.78, 5) is 6.85. The second kappa shape index (κ2) is 6.15. The molecule has 124 valence electrons. The molecule has 3 unspecified atom stereocenters. The number of piperidine rings is 3. The first kappa shape index (κ1) is 15.6. The van der Waals surface area contributed by atoms with Crippen LogP contribution in [0.2, 0.25) is 0 Å². The molecule has 3 nitrogen and oxygen atoms in total. The van der Waals surface area contributed by atoms with E-state index in [2.05, 4.69) is 41.3 Å². The van der Waals surface area contributed by atoms with Gasteiger partial charge in [-0.3, -0.25) is 9.88 Å². The topological polar surface area (TPSA) is 36.4 Å². The molecule has 1 N–H and O–H groups in total. The number of hydrogen-bond acceptors (Lipinski definition) is 3. The molecule has 3 saturated heterocycles. The molecule has 5 rings (SSSR count). The lowest BCUT2D eigenvalue weighted by Crippen LogP contribution is -2.58. The Morgan fingerprint density at radius 1 is 1.12 bits per heavy atom. The molecule has 6 atom stereocenters. The summed E-state index contributed by atoms with van der Waals surface area (Å²) in [5.74, 6) is 1.54. The van der Waals surface area contributed by atoms with Crippen LogP contribution in [0, 0.1) is 17.8 Å². The Labute approximate surface area is 143 Å². The molecular formula is C21H24N2O. The first-order valence-corrected chi connectivity index (χ1v) is 8.73. The summed E-state index contributed by atoms with van der Waals surface area (Å²) in [7, 11) is 0. The first-order valence-electron chi connectivity index (χ1n) is 8.73. The zero-order valence-electron chi connectivity index (χ0n) is 13.9. The second-order valence-corrected chi connectivity index (χ2v) is 7.08. The molecule has 4 heterocycles. The number of rotatable bonds is 4. The number of para-hydroxylation sites is 1. The summed E-state index contributed by atoms with van der Waals surface area (Å²) >= 11 is 0. The zero-order chi connectivity index (χ0) is 16.7. The van der Waals surface area contributed by atoms with Crippen LogP contribution in [0.1, 0.15) is 18.1 Å². The zero-order valence-corrected chi connectivity index (χ0v) is 13.9. The fourth-order valence-corrected chi connectivity index (χ4v) is 4.66. The molecule has 2 bridgehead atoms. The Morgan fingerprint density at radius 3 is 2.50 bits per heavy atom. The maximum absolute atomic E-state index is 11.2. The highest BCUT2D eigenvalue weighted by Crippen LogP contribution is 2.44. The quantitative estimate of drug-likeness (QED) is 0.875. The number of nitrogens with zero attached hydrogens (tertiary/aromatic N) is 2. The number of aromatic nitrogens is 1. The van der Waals surface area contributed by atoms with Gasteiger partial charge in [-0.15, -0.1) is 13.2 Å². The molecule has 0 amide bonds. The van der Waals surface area contributed by atoms with Gasteiger partial charge < -0.3 is 5.11 Å². The molecule has 24 heavy (non-hydrogen) atoms. The van der Waals surface area contributed by atoms with Crippen LogP contribution in [-0.2, 0) is 0 Å². The van der Waals surface area contributed by atoms with E-state index in [1.807, 2.05) is 24.3 Å². The molecule has 1 aromatic carbocycles. The minimum Gasteiger partial charge on any atom is -0.387 e. The van der Waals surface area contributed by atoms with E-state index in [0.29, 0.717) is 17.8 Å². The van der Waals surface area contributed by atoms with Gasteiger partial charge in [0.15, 0.2) is 0 Å². The van der Waals surface area contributed by atoms with Gasteiger partial charge in [-0.05, 0) is 41.9 Å². The van der Waals surface area contributed by atoms with E-state index in [0.717, 1.165) is 36.0 Å². The molecule has 0 radical (unpaired) electrons. The standard InChI is InChI=1S/C21H24N2O/c1-3-14-12-23-13-15(4-2)18(14)11-20(23)21(24)17-9-10-22-19-8-6-5-7-16(17)19/h3-10,14-15,18,20-21,24H,1-2,11-13H2/t14-,15?,18?,20-,21+/m0/s1. The van der Waals surface area contributed by atoms with E-state index in [-0.39, 0.29) is 6.04 Å². The van der Waals surface area contributed by atoms with Crippen LogP contribution in [0.4, 0.5) is 0 Å². The molecule has 3 aliphatic rings. The van der Waals surface area contributed by atoms with Gasteiger partial charge in [-0.1, -0.05) is 30.4 Å². The molecule has 0 spiro atoms. The average Bonchev–Trinajstić information content (AvgIpc) is 2.66. The van der Waals surface area contributed by atoms with Gasteiger partial charge in [0.25, 0.3) is 0 Å². The van der Waals surface area contributed by atoms with Crippen molar-refractivity contribution in [2.75, 3.05) is 13.1 Å². The first-order chi connectivity index (χ1) is 11.7. The van der Waals surface area contributed by atoms with E-state index < -0.39 is 6.10 Å². The molecule has 0 aliphatic carbocycles. The van der Waals surface area contributed by atoms with Gasteiger partial charge in [0, 0.05) is 30.7 Å². The van der Waals surface area contributed by atoms with Crippen LogP contribution in [0.3, 0.4) is 0 Å². The van der Waals surface area contributed by atoms with Crippen LogP contribution in [0.15, 0.2) is 61.8 Å². The molecule has 2 aromatic rings. The van der Waals surface area contributed by atoms with Crippen molar-refractivity contribution in [1.82, 2.24) is 9.88 Å². The summed E-state index contributed by atoms with van der Waals surface area (Å²) in [6.45, 7) is 10.00. The van der Waals surface area contributed by atoms with Gasteiger partial charge in [0.1, 0.15) is 0 Å². The fraction of sp³-hybridized carbons (Fsp3) is 0.381. The van der Waals surface area contributed by atoms with Crippen molar-refractivity contribution in [1.29, 1.82) is 0 Å². The van der Waals surface area contributed by atoms with Gasteiger partial charge in [0.05, 0.1) is 11.6 Å². The van der Waals surface area contributed by atoms with E-state index in [9.17, 15) is 5.11 Å².